The number of halogens is 1. The Hall–Kier alpha value is -1.64. The number of nitrogens with zero attached hydrogens (tertiary/aromatic N) is 1. The highest BCUT2D eigenvalue weighted by atomic mass is 127. The molecule has 0 unspecified atom stereocenters. The van der Waals surface area contributed by atoms with Gasteiger partial charge in [0, 0.05) is 36.3 Å². The van der Waals surface area contributed by atoms with Crippen molar-refractivity contribution < 1.29 is 9.47 Å². The van der Waals surface area contributed by atoms with Gasteiger partial charge >= 0.3 is 0 Å². The normalized spacial score (nSPS) is 11.5. The van der Waals surface area contributed by atoms with Crippen LogP contribution in [-0.4, -0.2) is 38.3 Å². The van der Waals surface area contributed by atoms with Crippen LogP contribution in [0, 0.1) is 5.92 Å². The van der Waals surface area contributed by atoms with Gasteiger partial charge in [-0.05, 0) is 31.2 Å². The zero-order chi connectivity index (χ0) is 18.2. The Balaban J connectivity index is 0.00000338. The van der Waals surface area contributed by atoms with Gasteiger partial charge in [-0.25, -0.2) is 0 Å². The first-order valence-corrected chi connectivity index (χ1v) is 8.81. The number of guanidine groups is 1. The molecule has 0 bridgehead atoms. The summed E-state index contributed by atoms with van der Waals surface area (Å²) >= 11 is 0. The molecule has 26 heavy (non-hydrogen) atoms. The summed E-state index contributed by atoms with van der Waals surface area (Å²) in [7, 11) is 3.33. The van der Waals surface area contributed by atoms with E-state index in [4.69, 9.17) is 15.2 Å². The lowest BCUT2D eigenvalue weighted by molar-refractivity contribution is 0.398. The lowest BCUT2D eigenvalue weighted by atomic mass is 10.1. The molecule has 0 saturated heterocycles. The fourth-order valence-corrected chi connectivity index (χ4v) is 2.67. The molecule has 2 aromatic rings. The predicted molar refractivity (Wildman–Crippen MR) is 119 cm³/mol. The van der Waals surface area contributed by atoms with Crippen LogP contribution in [0.15, 0.2) is 23.2 Å². The summed E-state index contributed by atoms with van der Waals surface area (Å²) in [6.07, 6.45) is 2.93. The summed E-state index contributed by atoms with van der Waals surface area (Å²) in [5.41, 5.74) is 8.04. The van der Waals surface area contributed by atoms with Crippen molar-refractivity contribution in [1.29, 1.82) is 0 Å². The Labute approximate surface area is 172 Å². The van der Waals surface area contributed by atoms with Gasteiger partial charge in [0.05, 0.1) is 19.7 Å². The van der Waals surface area contributed by atoms with Crippen LogP contribution in [0.5, 0.6) is 11.5 Å². The molecule has 0 spiro atoms. The van der Waals surface area contributed by atoms with Gasteiger partial charge in [-0.2, -0.15) is 0 Å². The fraction of sp³-hybridized carbons (Fsp3) is 0.526. The highest BCUT2D eigenvalue weighted by molar-refractivity contribution is 14.0. The first-order chi connectivity index (χ1) is 12.0. The number of methoxy groups -OCH3 is 2. The fourth-order valence-electron chi connectivity index (χ4n) is 2.67. The second-order valence-corrected chi connectivity index (χ2v) is 6.57. The third-order valence-electron chi connectivity index (χ3n) is 4.10. The van der Waals surface area contributed by atoms with E-state index in [2.05, 4.69) is 35.2 Å². The van der Waals surface area contributed by atoms with E-state index in [-0.39, 0.29) is 24.0 Å². The van der Waals surface area contributed by atoms with Crippen molar-refractivity contribution >= 4 is 40.8 Å². The standard InChI is InChI=1S/C19H30N4O2.HI/c1-13(2)7-9-22-19(20)21-8-5-6-14-10-16-17(23-14)11-15(24-3)12-18(16)25-4;/h10-13,23H,5-9H2,1-4H3,(H3,20,21,22);1H. The van der Waals surface area contributed by atoms with Crippen LogP contribution in [0.2, 0.25) is 0 Å². The summed E-state index contributed by atoms with van der Waals surface area (Å²) in [4.78, 5) is 7.80. The Kier molecular flexibility index (Phi) is 9.61. The molecule has 0 saturated carbocycles. The summed E-state index contributed by atoms with van der Waals surface area (Å²) in [5, 5.41) is 4.22. The van der Waals surface area contributed by atoms with Gasteiger partial charge in [0.2, 0.25) is 0 Å². The number of ether oxygens (including phenoxy) is 2. The molecule has 7 heteroatoms. The molecule has 6 nitrogen and oxygen atoms in total. The molecule has 0 aliphatic rings. The average molecular weight is 474 g/mol. The van der Waals surface area contributed by atoms with Gasteiger partial charge in [0.25, 0.3) is 0 Å². The SMILES string of the molecule is COc1cc(OC)c2cc(CCCN=C(N)NCCC(C)C)[nH]c2c1.I. The van der Waals surface area contributed by atoms with Gasteiger partial charge in [0.15, 0.2) is 5.96 Å². The van der Waals surface area contributed by atoms with Gasteiger partial charge in [-0.3, -0.25) is 4.99 Å². The van der Waals surface area contributed by atoms with Crippen LogP contribution >= 0.6 is 24.0 Å². The van der Waals surface area contributed by atoms with E-state index in [1.165, 1.54) is 0 Å². The monoisotopic (exact) mass is 474 g/mol. The number of H-pyrrole nitrogens is 1. The quantitative estimate of drug-likeness (QED) is 0.224. The molecule has 1 aromatic heterocycles. The van der Waals surface area contributed by atoms with Crippen molar-refractivity contribution in [3.05, 3.63) is 23.9 Å². The van der Waals surface area contributed by atoms with Crippen molar-refractivity contribution in [2.75, 3.05) is 27.3 Å². The third kappa shape index (κ3) is 6.59. The Morgan fingerprint density at radius 3 is 2.65 bits per heavy atom. The number of aliphatic imine (C=N–C) groups is 1. The number of aryl methyl sites for hydroxylation is 1. The van der Waals surface area contributed by atoms with Crippen LogP contribution in [0.25, 0.3) is 10.9 Å². The minimum Gasteiger partial charge on any atom is -0.497 e. The molecule has 0 atom stereocenters. The minimum atomic E-state index is 0. The Bertz CT molecular complexity index is 713. The van der Waals surface area contributed by atoms with Crippen molar-refractivity contribution in [2.24, 2.45) is 16.6 Å². The Morgan fingerprint density at radius 1 is 1.23 bits per heavy atom. The maximum absolute atomic E-state index is 5.87. The van der Waals surface area contributed by atoms with Gasteiger partial charge in [-0.15, -0.1) is 24.0 Å². The molecule has 0 aliphatic carbocycles. The zero-order valence-corrected chi connectivity index (χ0v) is 18.4. The molecular weight excluding hydrogens is 443 g/mol. The van der Waals surface area contributed by atoms with Crippen LogP contribution < -0.4 is 20.5 Å². The van der Waals surface area contributed by atoms with E-state index in [1.807, 2.05) is 12.1 Å². The average Bonchev–Trinajstić information content (AvgIpc) is 3.00. The Morgan fingerprint density at radius 2 is 2.00 bits per heavy atom. The largest absolute Gasteiger partial charge is 0.497 e. The van der Waals surface area contributed by atoms with Crippen LogP contribution in [0.4, 0.5) is 0 Å². The summed E-state index contributed by atoms with van der Waals surface area (Å²) in [5.74, 6) is 2.79. The molecule has 0 amide bonds. The van der Waals surface area contributed by atoms with Crippen molar-refractivity contribution in [1.82, 2.24) is 10.3 Å². The number of rotatable bonds is 9. The smallest absolute Gasteiger partial charge is 0.188 e. The molecular formula is C19H31IN4O2. The molecule has 1 aromatic carbocycles. The van der Waals surface area contributed by atoms with Crippen molar-refractivity contribution in [3.8, 4) is 11.5 Å². The zero-order valence-electron chi connectivity index (χ0n) is 16.1. The predicted octanol–water partition coefficient (Wildman–Crippen LogP) is 3.69. The van der Waals surface area contributed by atoms with E-state index in [0.717, 1.165) is 53.9 Å². The maximum atomic E-state index is 5.87. The number of fused-ring (bicyclic) bond motifs is 1. The van der Waals surface area contributed by atoms with Crippen LogP contribution in [0.3, 0.4) is 0 Å². The summed E-state index contributed by atoms with van der Waals surface area (Å²) in [6, 6.07) is 6.01. The number of aromatic amines is 1. The number of aromatic nitrogens is 1. The third-order valence-corrected chi connectivity index (χ3v) is 4.10. The van der Waals surface area contributed by atoms with Gasteiger partial charge < -0.3 is 25.5 Å². The number of nitrogens with one attached hydrogen (secondary N) is 2. The molecule has 146 valence electrons. The molecule has 1 heterocycles. The molecule has 2 rings (SSSR count). The van der Waals surface area contributed by atoms with E-state index in [0.29, 0.717) is 18.4 Å². The molecule has 0 fully saturated rings. The number of hydrogen-bond donors (Lipinski definition) is 3. The molecule has 0 aliphatic heterocycles. The minimum absolute atomic E-state index is 0. The van der Waals surface area contributed by atoms with E-state index in [9.17, 15) is 0 Å². The molecule has 0 radical (unpaired) electrons. The number of nitrogens with two attached hydrogens (primary N) is 1. The second-order valence-electron chi connectivity index (χ2n) is 6.57. The summed E-state index contributed by atoms with van der Waals surface area (Å²) < 4.78 is 10.8. The van der Waals surface area contributed by atoms with E-state index >= 15 is 0 Å². The molecule has 4 N–H and O–H groups in total. The van der Waals surface area contributed by atoms with E-state index in [1.54, 1.807) is 14.2 Å². The van der Waals surface area contributed by atoms with Crippen molar-refractivity contribution in [2.45, 2.75) is 33.1 Å². The first-order valence-electron chi connectivity index (χ1n) is 8.81. The second kappa shape index (κ2) is 11.2. The van der Waals surface area contributed by atoms with E-state index < -0.39 is 0 Å². The number of benzene rings is 1. The van der Waals surface area contributed by atoms with Crippen molar-refractivity contribution in [3.63, 3.8) is 0 Å². The summed E-state index contributed by atoms with van der Waals surface area (Å²) in [6.45, 7) is 5.97. The highest BCUT2D eigenvalue weighted by Gasteiger charge is 2.09. The maximum Gasteiger partial charge on any atom is 0.188 e. The van der Waals surface area contributed by atoms with Gasteiger partial charge in [0.1, 0.15) is 11.5 Å². The number of hydrogen-bond acceptors (Lipinski definition) is 3. The lowest BCUT2D eigenvalue weighted by Crippen LogP contribution is -2.33. The van der Waals surface area contributed by atoms with Crippen LogP contribution in [-0.2, 0) is 6.42 Å². The van der Waals surface area contributed by atoms with Crippen LogP contribution in [0.1, 0.15) is 32.4 Å². The highest BCUT2D eigenvalue weighted by Crippen LogP contribution is 2.31. The first kappa shape index (κ1) is 22.4. The lowest BCUT2D eigenvalue weighted by Gasteiger charge is -2.07. The van der Waals surface area contributed by atoms with Gasteiger partial charge in [-0.1, -0.05) is 13.8 Å². The topological polar surface area (TPSA) is 84.7 Å².